The first-order valence-electron chi connectivity index (χ1n) is 9.67. The molecule has 1 atom stereocenters. The van der Waals surface area contributed by atoms with Gasteiger partial charge in [-0.05, 0) is 42.3 Å². The first-order valence-corrected chi connectivity index (χ1v) is 11.5. The summed E-state index contributed by atoms with van der Waals surface area (Å²) < 4.78 is 38.9. The number of benzene rings is 3. The smallest absolute Gasteiger partial charge is 0.243 e. The van der Waals surface area contributed by atoms with Crippen molar-refractivity contribution in [2.45, 2.75) is 17.4 Å². The summed E-state index contributed by atoms with van der Waals surface area (Å²) in [6.07, 6.45) is 0.144. The van der Waals surface area contributed by atoms with E-state index in [9.17, 15) is 13.2 Å². The van der Waals surface area contributed by atoms with Crippen LogP contribution in [0.5, 0.6) is 11.5 Å². The molecule has 0 bridgehead atoms. The fourth-order valence-corrected chi connectivity index (χ4v) is 4.62. The third-order valence-electron chi connectivity index (χ3n) is 4.69. The van der Waals surface area contributed by atoms with Crippen molar-refractivity contribution in [3.05, 3.63) is 83.4 Å². The van der Waals surface area contributed by atoms with Crippen molar-refractivity contribution in [1.82, 2.24) is 4.72 Å². The maximum absolute atomic E-state index is 13.1. The van der Waals surface area contributed by atoms with Crippen LogP contribution in [-0.4, -0.2) is 34.6 Å². The maximum Gasteiger partial charge on any atom is 0.243 e. The van der Waals surface area contributed by atoms with Gasteiger partial charge in [0.25, 0.3) is 0 Å². The van der Waals surface area contributed by atoms with Gasteiger partial charge in [-0.25, -0.2) is 8.42 Å². The monoisotopic (exact) mass is 474 g/mol. The molecule has 168 valence electrons. The van der Waals surface area contributed by atoms with Crippen LogP contribution in [0.25, 0.3) is 0 Å². The minimum absolute atomic E-state index is 0.0774. The third-order valence-corrected chi connectivity index (χ3v) is 6.46. The zero-order valence-electron chi connectivity index (χ0n) is 17.5. The molecule has 3 aromatic rings. The van der Waals surface area contributed by atoms with E-state index in [4.69, 9.17) is 21.1 Å². The molecule has 32 heavy (non-hydrogen) atoms. The van der Waals surface area contributed by atoms with Gasteiger partial charge in [-0.1, -0.05) is 54.1 Å². The van der Waals surface area contributed by atoms with E-state index in [0.29, 0.717) is 17.2 Å². The molecule has 9 heteroatoms. The molecule has 0 saturated carbocycles. The summed E-state index contributed by atoms with van der Waals surface area (Å²) in [5.41, 5.74) is 1.23. The molecule has 1 amide bonds. The summed E-state index contributed by atoms with van der Waals surface area (Å²) in [6.45, 7) is 0. The van der Waals surface area contributed by atoms with Crippen molar-refractivity contribution in [2.75, 3.05) is 19.5 Å². The summed E-state index contributed by atoms with van der Waals surface area (Å²) in [4.78, 5) is 13.0. The Bertz CT molecular complexity index is 1190. The molecule has 3 rings (SSSR count). The number of nitrogens with one attached hydrogen (secondary N) is 2. The van der Waals surface area contributed by atoms with E-state index in [1.165, 1.54) is 32.4 Å². The highest BCUT2D eigenvalue weighted by Crippen LogP contribution is 2.27. The maximum atomic E-state index is 13.1. The number of anilines is 1. The molecule has 0 unspecified atom stereocenters. The number of amides is 1. The molecule has 0 aromatic heterocycles. The number of para-hydroxylation sites is 2. The normalized spacial score (nSPS) is 12.1. The van der Waals surface area contributed by atoms with Gasteiger partial charge in [-0.15, -0.1) is 0 Å². The summed E-state index contributed by atoms with van der Waals surface area (Å²) >= 11 is 6.09. The number of carbonyl (C=O) groups is 1. The lowest BCUT2D eigenvalue weighted by Crippen LogP contribution is -2.45. The largest absolute Gasteiger partial charge is 0.495 e. The molecule has 0 fully saturated rings. The van der Waals surface area contributed by atoms with Crippen LogP contribution in [0.4, 0.5) is 5.69 Å². The van der Waals surface area contributed by atoms with Crippen molar-refractivity contribution < 1.29 is 22.7 Å². The quantitative estimate of drug-likeness (QED) is 0.490. The Kier molecular flexibility index (Phi) is 7.74. The third kappa shape index (κ3) is 5.79. The Balaban J connectivity index is 1.90. The molecule has 3 aromatic carbocycles. The SMILES string of the molecule is COc1ccc(S(=O)(=O)N[C@@H](Cc2ccccc2)C(=O)Nc2ccccc2OC)cc1Cl. The van der Waals surface area contributed by atoms with Gasteiger partial charge in [0.2, 0.25) is 15.9 Å². The number of hydrogen-bond donors (Lipinski definition) is 2. The molecular weight excluding hydrogens is 452 g/mol. The van der Waals surface area contributed by atoms with E-state index in [1.54, 1.807) is 24.3 Å². The number of ether oxygens (including phenoxy) is 2. The minimum Gasteiger partial charge on any atom is -0.495 e. The van der Waals surface area contributed by atoms with Gasteiger partial charge in [-0.3, -0.25) is 4.79 Å². The number of methoxy groups -OCH3 is 2. The Labute approximate surface area is 192 Å². The Hall–Kier alpha value is -3.07. The summed E-state index contributed by atoms with van der Waals surface area (Å²) in [5, 5.41) is 2.90. The minimum atomic E-state index is -4.06. The molecule has 0 spiro atoms. The van der Waals surface area contributed by atoms with Crippen molar-refractivity contribution in [1.29, 1.82) is 0 Å². The second-order valence-corrected chi connectivity index (χ2v) is 8.97. The van der Waals surface area contributed by atoms with Crippen LogP contribution >= 0.6 is 11.6 Å². The Morgan fingerprint density at radius 3 is 2.25 bits per heavy atom. The average Bonchev–Trinajstić information content (AvgIpc) is 2.79. The Morgan fingerprint density at radius 2 is 1.59 bits per heavy atom. The van der Waals surface area contributed by atoms with Gasteiger partial charge in [-0.2, -0.15) is 4.72 Å². The summed E-state index contributed by atoms with van der Waals surface area (Å²) in [5.74, 6) is 0.283. The molecule has 0 aliphatic carbocycles. The number of carbonyl (C=O) groups excluding carboxylic acids is 1. The molecule has 0 saturated heterocycles. The van der Waals surface area contributed by atoms with Gasteiger partial charge in [0, 0.05) is 0 Å². The van der Waals surface area contributed by atoms with E-state index in [0.717, 1.165) is 5.56 Å². The first-order chi connectivity index (χ1) is 15.3. The molecular formula is C23H23ClN2O5S. The molecule has 0 aliphatic heterocycles. The standard InChI is InChI=1S/C23H23ClN2O5S/c1-30-21-13-12-17(15-18(21)24)32(28,29)26-20(14-16-8-4-3-5-9-16)23(27)25-19-10-6-7-11-22(19)31-2/h3-13,15,20,26H,14H2,1-2H3,(H,25,27)/t20-/m0/s1. The predicted octanol–water partition coefficient (Wildman–Crippen LogP) is 3.89. The van der Waals surface area contributed by atoms with Crippen LogP contribution in [0.2, 0.25) is 5.02 Å². The molecule has 2 N–H and O–H groups in total. The van der Waals surface area contributed by atoms with Gasteiger partial charge >= 0.3 is 0 Å². The van der Waals surface area contributed by atoms with Gasteiger partial charge < -0.3 is 14.8 Å². The topological polar surface area (TPSA) is 93.7 Å². The number of rotatable bonds is 9. The van der Waals surface area contributed by atoms with Crippen LogP contribution in [0, 0.1) is 0 Å². The second-order valence-electron chi connectivity index (χ2n) is 6.85. The van der Waals surface area contributed by atoms with Crippen LogP contribution in [0.1, 0.15) is 5.56 Å². The zero-order valence-corrected chi connectivity index (χ0v) is 19.1. The van der Waals surface area contributed by atoms with E-state index in [1.807, 2.05) is 30.3 Å². The van der Waals surface area contributed by atoms with E-state index in [2.05, 4.69) is 10.0 Å². The molecule has 7 nitrogen and oxygen atoms in total. The molecule has 0 aliphatic rings. The van der Waals surface area contributed by atoms with E-state index >= 15 is 0 Å². The van der Waals surface area contributed by atoms with Crippen molar-refractivity contribution in [3.8, 4) is 11.5 Å². The molecule has 0 heterocycles. The predicted molar refractivity (Wildman–Crippen MR) is 124 cm³/mol. The van der Waals surface area contributed by atoms with E-state index < -0.39 is 22.0 Å². The van der Waals surface area contributed by atoms with Gasteiger partial charge in [0.05, 0.1) is 29.8 Å². The first kappa shape index (κ1) is 23.6. The van der Waals surface area contributed by atoms with E-state index in [-0.39, 0.29) is 16.3 Å². The van der Waals surface area contributed by atoms with Crippen LogP contribution in [0.3, 0.4) is 0 Å². The van der Waals surface area contributed by atoms with Crippen molar-refractivity contribution in [2.24, 2.45) is 0 Å². The number of hydrogen-bond acceptors (Lipinski definition) is 5. The van der Waals surface area contributed by atoms with Crippen LogP contribution < -0.4 is 19.5 Å². The number of sulfonamides is 1. The van der Waals surface area contributed by atoms with Crippen LogP contribution in [0.15, 0.2) is 77.7 Å². The number of halogens is 1. The Morgan fingerprint density at radius 1 is 0.938 bits per heavy atom. The van der Waals surface area contributed by atoms with Gasteiger partial charge in [0.15, 0.2) is 0 Å². The van der Waals surface area contributed by atoms with Crippen molar-refractivity contribution >= 4 is 33.2 Å². The molecule has 0 radical (unpaired) electrons. The van der Waals surface area contributed by atoms with Crippen LogP contribution in [-0.2, 0) is 21.2 Å². The fourth-order valence-electron chi connectivity index (χ4n) is 3.08. The second kappa shape index (κ2) is 10.5. The zero-order chi connectivity index (χ0) is 23.1. The summed E-state index contributed by atoms with van der Waals surface area (Å²) in [6, 6.07) is 19.0. The van der Waals surface area contributed by atoms with Crippen molar-refractivity contribution in [3.63, 3.8) is 0 Å². The fraction of sp³-hybridized carbons (Fsp3) is 0.174. The summed E-state index contributed by atoms with van der Waals surface area (Å²) in [7, 11) is -1.14. The highest BCUT2D eigenvalue weighted by atomic mass is 35.5. The lowest BCUT2D eigenvalue weighted by Gasteiger charge is -2.20. The average molecular weight is 475 g/mol. The lowest BCUT2D eigenvalue weighted by atomic mass is 10.1. The highest BCUT2D eigenvalue weighted by molar-refractivity contribution is 7.89. The highest BCUT2D eigenvalue weighted by Gasteiger charge is 2.27. The van der Waals surface area contributed by atoms with Gasteiger partial charge in [0.1, 0.15) is 17.5 Å². The lowest BCUT2D eigenvalue weighted by molar-refractivity contribution is -0.117.